The van der Waals surface area contributed by atoms with Crippen molar-refractivity contribution in [1.29, 1.82) is 0 Å². The highest BCUT2D eigenvalue weighted by atomic mass is 32.2. The summed E-state index contributed by atoms with van der Waals surface area (Å²) >= 11 is 1.68. The summed E-state index contributed by atoms with van der Waals surface area (Å²) in [4.78, 5) is 55.5. The van der Waals surface area contributed by atoms with Gasteiger partial charge >= 0.3 is 5.97 Å². The molecule has 11 heteroatoms. The molecule has 0 spiro atoms. The number of pyridine rings is 1. The van der Waals surface area contributed by atoms with Crippen LogP contribution in [0.4, 0.5) is 0 Å². The Morgan fingerprint density at radius 1 is 1.22 bits per heavy atom. The quantitative estimate of drug-likeness (QED) is 0.335. The van der Waals surface area contributed by atoms with Crippen molar-refractivity contribution < 1.29 is 28.3 Å². The monoisotopic (exact) mass is 530 g/mol. The van der Waals surface area contributed by atoms with Gasteiger partial charge in [0.25, 0.3) is 5.91 Å². The van der Waals surface area contributed by atoms with E-state index < -0.39 is 17.9 Å². The van der Waals surface area contributed by atoms with Gasteiger partial charge in [-0.05, 0) is 44.0 Å². The Morgan fingerprint density at radius 2 is 1.97 bits per heavy atom. The van der Waals surface area contributed by atoms with E-state index in [9.17, 15) is 19.2 Å². The van der Waals surface area contributed by atoms with Crippen LogP contribution in [0.25, 0.3) is 0 Å². The number of likely N-dealkylation sites (tertiary alicyclic amines) is 1. The molecule has 3 heterocycles. The molecule has 0 bridgehead atoms. The third-order valence-corrected chi connectivity index (χ3v) is 7.12. The summed E-state index contributed by atoms with van der Waals surface area (Å²) in [5.74, 6) is 0.995. The summed E-state index contributed by atoms with van der Waals surface area (Å²) in [6.45, 7) is 4.65. The fourth-order valence-electron chi connectivity index (χ4n) is 4.27. The first kappa shape index (κ1) is 28.2. The number of rotatable bonds is 11. The van der Waals surface area contributed by atoms with Gasteiger partial charge in [0.2, 0.25) is 11.8 Å². The number of esters is 1. The number of ether oxygens (including phenoxy) is 1. The van der Waals surface area contributed by atoms with Crippen molar-refractivity contribution in [2.24, 2.45) is 0 Å². The summed E-state index contributed by atoms with van der Waals surface area (Å²) in [5.41, 5.74) is 2.14. The number of aryl methyl sites for hydroxylation is 1. The SMILES string of the molecule is COC(=O)[C@H](CC(=O)N1CCC(c2nc(C)ccc2C(=O)NCCSCc2ccco2)CC1)NC(C)=O. The van der Waals surface area contributed by atoms with Crippen LogP contribution in [-0.2, 0) is 24.9 Å². The van der Waals surface area contributed by atoms with Crippen LogP contribution in [0, 0.1) is 6.92 Å². The van der Waals surface area contributed by atoms with E-state index in [1.54, 1.807) is 22.9 Å². The molecule has 0 radical (unpaired) electrons. The van der Waals surface area contributed by atoms with E-state index in [-0.39, 0.29) is 24.2 Å². The van der Waals surface area contributed by atoms with Crippen molar-refractivity contribution in [3.05, 3.63) is 53.2 Å². The topological polar surface area (TPSA) is 131 Å². The van der Waals surface area contributed by atoms with Gasteiger partial charge in [-0.15, -0.1) is 0 Å². The Labute approximate surface area is 220 Å². The zero-order valence-corrected chi connectivity index (χ0v) is 22.3. The number of hydrogen-bond donors (Lipinski definition) is 2. The summed E-state index contributed by atoms with van der Waals surface area (Å²) in [6.07, 6.45) is 2.77. The smallest absolute Gasteiger partial charge is 0.328 e. The van der Waals surface area contributed by atoms with Crippen molar-refractivity contribution in [2.75, 3.05) is 32.5 Å². The van der Waals surface area contributed by atoms with Crippen LogP contribution in [0.1, 0.15) is 59.6 Å². The van der Waals surface area contributed by atoms with Crippen molar-refractivity contribution in [3.63, 3.8) is 0 Å². The van der Waals surface area contributed by atoms with Crippen molar-refractivity contribution in [1.82, 2.24) is 20.5 Å². The average molecular weight is 531 g/mol. The Morgan fingerprint density at radius 3 is 2.62 bits per heavy atom. The van der Waals surface area contributed by atoms with Gasteiger partial charge < -0.3 is 24.7 Å². The number of aromatic nitrogens is 1. The minimum Gasteiger partial charge on any atom is -0.468 e. The van der Waals surface area contributed by atoms with Gasteiger partial charge in [-0.3, -0.25) is 19.4 Å². The van der Waals surface area contributed by atoms with Crippen LogP contribution in [0.3, 0.4) is 0 Å². The lowest BCUT2D eigenvalue weighted by molar-refractivity contribution is -0.148. The second-order valence-electron chi connectivity index (χ2n) is 8.91. The molecule has 200 valence electrons. The van der Waals surface area contributed by atoms with E-state index in [0.717, 1.165) is 28.7 Å². The molecule has 1 saturated heterocycles. The lowest BCUT2D eigenvalue weighted by atomic mass is 9.89. The summed E-state index contributed by atoms with van der Waals surface area (Å²) in [7, 11) is 1.22. The molecule has 0 unspecified atom stereocenters. The van der Waals surface area contributed by atoms with Gasteiger partial charge in [-0.2, -0.15) is 11.8 Å². The normalized spacial score (nSPS) is 14.6. The number of thioether (sulfide) groups is 1. The number of furan rings is 1. The van der Waals surface area contributed by atoms with Gasteiger partial charge in [0.1, 0.15) is 11.8 Å². The number of nitrogens with one attached hydrogen (secondary N) is 2. The van der Waals surface area contributed by atoms with Crippen LogP contribution in [-0.4, -0.2) is 72.1 Å². The molecule has 2 aromatic rings. The highest BCUT2D eigenvalue weighted by Gasteiger charge is 2.31. The fourth-order valence-corrected chi connectivity index (χ4v) is 5.02. The molecule has 0 aliphatic carbocycles. The maximum absolute atomic E-state index is 13.0. The lowest BCUT2D eigenvalue weighted by Gasteiger charge is -2.33. The Hall–Kier alpha value is -3.34. The highest BCUT2D eigenvalue weighted by molar-refractivity contribution is 7.98. The zero-order chi connectivity index (χ0) is 26.8. The first-order chi connectivity index (χ1) is 17.8. The van der Waals surface area contributed by atoms with Gasteiger partial charge in [-0.25, -0.2) is 4.79 Å². The summed E-state index contributed by atoms with van der Waals surface area (Å²) in [5, 5.41) is 5.46. The first-order valence-corrected chi connectivity index (χ1v) is 13.4. The number of methoxy groups -OCH3 is 1. The van der Waals surface area contributed by atoms with E-state index in [1.165, 1.54) is 14.0 Å². The van der Waals surface area contributed by atoms with Crippen LogP contribution >= 0.6 is 11.8 Å². The zero-order valence-electron chi connectivity index (χ0n) is 21.5. The van der Waals surface area contributed by atoms with Crippen LogP contribution in [0.2, 0.25) is 0 Å². The van der Waals surface area contributed by atoms with Crippen molar-refractivity contribution in [2.45, 2.75) is 50.8 Å². The highest BCUT2D eigenvalue weighted by Crippen LogP contribution is 2.30. The molecule has 2 N–H and O–H groups in total. The van der Waals surface area contributed by atoms with Crippen LogP contribution in [0.5, 0.6) is 0 Å². The molecular formula is C26H34N4O6S. The second kappa shape index (κ2) is 13.8. The largest absolute Gasteiger partial charge is 0.468 e. The minimum absolute atomic E-state index is 0.0322. The summed E-state index contributed by atoms with van der Waals surface area (Å²) in [6, 6.07) is 6.41. The molecule has 3 rings (SSSR count). The predicted octanol–water partition coefficient (Wildman–Crippen LogP) is 2.42. The van der Waals surface area contributed by atoms with E-state index in [2.05, 4.69) is 10.6 Å². The van der Waals surface area contributed by atoms with Crippen molar-refractivity contribution in [3.8, 4) is 0 Å². The number of carbonyl (C=O) groups excluding carboxylic acids is 4. The molecule has 1 aliphatic heterocycles. The van der Waals surface area contributed by atoms with E-state index in [0.29, 0.717) is 38.0 Å². The van der Waals surface area contributed by atoms with Gasteiger partial charge in [0.15, 0.2) is 0 Å². The van der Waals surface area contributed by atoms with E-state index >= 15 is 0 Å². The predicted molar refractivity (Wildman–Crippen MR) is 139 cm³/mol. The maximum atomic E-state index is 13.0. The fraction of sp³-hybridized carbons (Fsp3) is 0.500. The summed E-state index contributed by atoms with van der Waals surface area (Å²) < 4.78 is 10.0. The number of carbonyl (C=O) groups is 4. The molecule has 1 aliphatic rings. The third-order valence-electron chi connectivity index (χ3n) is 6.14. The molecular weight excluding hydrogens is 496 g/mol. The van der Waals surface area contributed by atoms with Gasteiger partial charge in [-0.1, -0.05) is 0 Å². The molecule has 2 aromatic heterocycles. The standard InChI is InChI=1S/C26H34N4O6S/c1-17-6-7-21(25(33)27-10-14-37-16-20-5-4-13-36-20)24(28-17)19-8-11-30(12-9-19)23(32)15-22(26(34)35-3)29-18(2)31/h4-7,13,19,22H,8-12,14-16H2,1-3H3,(H,27,33)(H,29,31)/t22-/m0/s1. The number of amides is 3. The molecule has 0 aromatic carbocycles. The Kier molecular flexibility index (Phi) is 10.6. The van der Waals surface area contributed by atoms with Crippen LogP contribution in [0.15, 0.2) is 34.9 Å². The van der Waals surface area contributed by atoms with Gasteiger partial charge in [0, 0.05) is 43.9 Å². The number of piperidine rings is 1. The molecule has 1 atom stereocenters. The lowest BCUT2D eigenvalue weighted by Crippen LogP contribution is -2.46. The molecule has 37 heavy (non-hydrogen) atoms. The third kappa shape index (κ3) is 8.34. The maximum Gasteiger partial charge on any atom is 0.328 e. The Bertz CT molecular complexity index is 1080. The average Bonchev–Trinajstić information content (AvgIpc) is 3.41. The van der Waals surface area contributed by atoms with Crippen LogP contribution < -0.4 is 10.6 Å². The van der Waals surface area contributed by atoms with E-state index in [4.69, 9.17) is 14.1 Å². The Balaban J connectivity index is 1.54. The molecule has 3 amide bonds. The van der Waals surface area contributed by atoms with Gasteiger partial charge in [0.05, 0.1) is 36.8 Å². The molecule has 0 saturated carbocycles. The van der Waals surface area contributed by atoms with Crippen molar-refractivity contribution >= 4 is 35.5 Å². The molecule has 1 fully saturated rings. The number of nitrogens with zero attached hydrogens (tertiary/aromatic N) is 2. The minimum atomic E-state index is -1.02. The second-order valence-corrected chi connectivity index (χ2v) is 10.0. The first-order valence-electron chi connectivity index (χ1n) is 12.3. The number of hydrogen-bond acceptors (Lipinski definition) is 8. The molecule has 10 nitrogen and oxygen atoms in total. The van der Waals surface area contributed by atoms with E-state index in [1.807, 2.05) is 31.2 Å².